The number of hydrogen-bond donors (Lipinski definition) is 2. The van der Waals surface area contributed by atoms with Crippen molar-refractivity contribution in [1.29, 1.82) is 0 Å². The van der Waals surface area contributed by atoms with Crippen molar-refractivity contribution in [1.82, 2.24) is 0 Å². The maximum atomic E-state index is 12.0. The van der Waals surface area contributed by atoms with Crippen LogP contribution in [0.5, 0.6) is 0 Å². The van der Waals surface area contributed by atoms with E-state index in [1.165, 1.54) is 29.6 Å². The van der Waals surface area contributed by atoms with Gasteiger partial charge in [-0.15, -0.1) is 12.8 Å². The number of Topliss-reactive ketones (excluding diaryl/α,β-unsaturated/α-hetero) is 1. The van der Waals surface area contributed by atoms with Crippen molar-refractivity contribution in [3.63, 3.8) is 0 Å². The van der Waals surface area contributed by atoms with E-state index in [1.54, 1.807) is 13.8 Å². The Labute approximate surface area is 202 Å². The highest BCUT2D eigenvalue weighted by Crippen LogP contribution is 2.55. The zero-order valence-corrected chi connectivity index (χ0v) is 21.6. The molecule has 3 aliphatic carbocycles. The minimum absolute atomic E-state index is 0.0662. The lowest BCUT2D eigenvalue weighted by Gasteiger charge is -2.41. The van der Waals surface area contributed by atoms with Gasteiger partial charge in [0.2, 0.25) is 0 Å². The van der Waals surface area contributed by atoms with Crippen molar-refractivity contribution < 1.29 is 15.0 Å². The molecule has 2 saturated carbocycles. The molecule has 3 atom stereocenters. The Morgan fingerprint density at radius 2 is 1.91 bits per heavy atom. The van der Waals surface area contributed by atoms with E-state index in [1.807, 2.05) is 13.8 Å². The summed E-state index contributed by atoms with van der Waals surface area (Å²) >= 11 is 0. The summed E-state index contributed by atoms with van der Waals surface area (Å²) in [6.07, 6.45) is 24.3. The molecular weight excluding hydrogens is 408 g/mol. The molecule has 0 spiro atoms. The van der Waals surface area contributed by atoms with Gasteiger partial charge in [-0.25, -0.2) is 0 Å². The third kappa shape index (κ3) is 7.29. The molecule has 0 aromatic heterocycles. The van der Waals surface area contributed by atoms with E-state index < -0.39 is 5.60 Å². The second-order valence-electron chi connectivity index (χ2n) is 9.99. The van der Waals surface area contributed by atoms with Gasteiger partial charge >= 0.3 is 0 Å². The van der Waals surface area contributed by atoms with E-state index in [0.717, 1.165) is 50.5 Å². The third-order valence-corrected chi connectivity index (χ3v) is 7.48. The summed E-state index contributed by atoms with van der Waals surface area (Å²) < 4.78 is 0. The molecule has 3 nitrogen and oxygen atoms in total. The quantitative estimate of drug-likeness (QED) is 0.340. The molecule has 1 unspecified atom stereocenters. The SMILES string of the molecule is C#C.C=C1/C(=C\C=C2/CCC[C@]3(C)C(CCCC(=O)C(C)(C)O)=CCC23)CCC[C@@H]1O.CC. The summed E-state index contributed by atoms with van der Waals surface area (Å²) in [5.41, 5.74) is 4.11. The molecule has 3 heteroatoms. The van der Waals surface area contributed by atoms with E-state index in [4.69, 9.17) is 0 Å². The first kappa shape index (κ1) is 29.1. The van der Waals surface area contributed by atoms with Crippen LogP contribution in [0.3, 0.4) is 0 Å². The molecule has 0 aliphatic heterocycles. The Hall–Kier alpha value is -1.89. The molecular formula is C30H46O3. The van der Waals surface area contributed by atoms with Crippen molar-refractivity contribution in [2.24, 2.45) is 11.3 Å². The fraction of sp³-hybridized carbons (Fsp3) is 0.633. The molecule has 184 valence electrons. The Kier molecular flexibility index (Phi) is 11.6. The first-order valence-corrected chi connectivity index (χ1v) is 12.7. The highest BCUT2D eigenvalue weighted by molar-refractivity contribution is 5.86. The summed E-state index contributed by atoms with van der Waals surface area (Å²) in [6.45, 7) is 13.7. The molecule has 0 saturated heterocycles. The van der Waals surface area contributed by atoms with E-state index in [-0.39, 0.29) is 17.3 Å². The van der Waals surface area contributed by atoms with Crippen molar-refractivity contribution >= 4 is 5.78 Å². The van der Waals surface area contributed by atoms with Crippen molar-refractivity contribution in [3.8, 4) is 12.8 Å². The van der Waals surface area contributed by atoms with Crippen LogP contribution in [0.2, 0.25) is 0 Å². The zero-order chi connectivity index (χ0) is 25.2. The van der Waals surface area contributed by atoms with Crippen LogP contribution in [0.15, 0.2) is 47.1 Å². The van der Waals surface area contributed by atoms with Gasteiger partial charge in [0.25, 0.3) is 0 Å². The van der Waals surface area contributed by atoms with Gasteiger partial charge < -0.3 is 10.2 Å². The highest BCUT2D eigenvalue weighted by atomic mass is 16.3. The predicted molar refractivity (Wildman–Crippen MR) is 140 cm³/mol. The first-order valence-electron chi connectivity index (χ1n) is 12.7. The second kappa shape index (κ2) is 13.1. The molecule has 0 amide bonds. The largest absolute Gasteiger partial charge is 0.388 e. The Morgan fingerprint density at radius 1 is 1.24 bits per heavy atom. The molecule has 0 heterocycles. The number of carbonyl (C=O) groups is 1. The summed E-state index contributed by atoms with van der Waals surface area (Å²) in [5.74, 6) is 0.485. The van der Waals surface area contributed by atoms with Crippen molar-refractivity contribution in [2.75, 3.05) is 0 Å². The first-order chi connectivity index (χ1) is 15.6. The average molecular weight is 455 g/mol. The third-order valence-electron chi connectivity index (χ3n) is 7.48. The number of terminal acetylenes is 1. The number of aliphatic hydroxyl groups is 2. The van der Waals surface area contributed by atoms with Crippen LogP contribution in [0.4, 0.5) is 0 Å². The van der Waals surface area contributed by atoms with Crippen LogP contribution >= 0.6 is 0 Å². The van der Waals surface area contributed by atoms with Gasteiger partial charge in [-0.1, -0.05) is 56.7 Å². The molecule has 0 bridgehead atoms. The van der Waals surface area contributed by atoms with E-state index >= 15 is 0 Å². The molecule has 2 N–H and O–H groups in total. The summed E-state index contributed by atoms with van der Waals surface area (Å²) in [5, 5.41) is 19.9. The number of hydrogen-bond acceptors (Lipinski definition) is 3. The summed E-state index contributed by atoms with van der Waals surface area (Å²) in [6, 6.07) is 0. The fourth-order valence-electron chi connectivity index (χ4n) is 5.47. The van der Waals surface area contributed by atoms with Gasteiger partial charge in [-0.3, -0.25) is 4.79 Å². The highest BCUT2D eigenvalue weighted by Gasteiger charge is 2.44. The fourth-order valence-corrected chi connectivity index (χ4v) is 5.47. The van der Waals surface area contributed by atoms with Gasteiger partial charge in [0.05, 0.1) is 6.10 Å². The monoisotopic (exact) mass is 454 g/mol. The van der Waals surface area contributed by atoms with Crippen LogP contribution in [-0.2, 0) is 4.79 Å². The lowest BCUT2D eigenvalue weighted by molar-refractivity contribution is -0.134. The number of allylic oxidation sites excluding steroid dienone is 5. The van der Waals surface area contributed by atoms with Crippen molar-refractivity contribution in [2.45, 2.75) is 111 Å². The summed E-state index contributed by atoms with van der Waals surface area (Å²) in [4.78, 5) is 12.0. The molecule has 3 rings (SSSR count). The molecule has 3 aliphatic rings. The van der Waals surface area contributed by atoms with Crippen molar-refractivity contribution in [3.05, 3.63) is 47.1 Å². The molecule has 0 radical (unpaired) electrons. The van der Waals surface area contributed by atoms with E-state index in [0.29, 0.717) is 12.3 Å². The molecule has 0 aromatic rings. The smallest absolute Gasteiger partial charge is 0.163 e. The average Bonchev–Trinajstić information content (AvgIpc) is 3.13. The molecule has 0 aromatic carbocycles. The van der Waals surface area contributed by atoms with Crippen LogP contribution in [0, 0.1) is 24.2 Å². The van der Waals surface area contributed by atoms with Crippen LogP contribution in [0.25, 0.3) is 0 Å². The lowest BCUT2D eigenvalue weighted by Crippen LogP contribution is -2.32. The second-order valence-corrected chi connectivity index (χ2v) is 9.99. The molecule has 33 heavy (non-hydrogen) atoms. The number of aliphatic hydroxyl groups excluding tert-OH is 1. The Bertz CT molecular complexity index is 787. The van der Waals surface area contributed by atoms with Gasteiger partial charge in [-0.05, 0) is 94.1 Å². The number of carbonyl (C=O) groups excluding carboxylic acids is 1. The van der Waals surface area contributed by atoms with Gasteiger partial charge in [-0.2, -0.15) is 0 Å². The van der Waals surface area contributed by atoms with Crippen LogP contribution < -0.4 is 0 Å². The summed E-state index contributed by atoms with van der Waals surface area (Å²) in [7, 11) is 0. The lowest BCUT2D eigenvalue weighted by atomic mass is 9.63. The standard InChI is InChI=1S/C26H38O3.C2H6.C2H2/c1-18-19(8-5-11-23(18)27)13-14-20-9-7-17-26(4)21(15-16-22(20)26)10-6-12-24(28)25(2,3)29;2*1-2/h13-15,22-23,27,29H,1,5-12,16-17H2,2-4H3;1-2H3;1-2H/b19-13-,20-14+;;/t22?,23-,26+;;/m0../s1. The topological polar surface area (TPSA) is 57.5 Å². The van der Waals surface area contributed by atoms with Crippen LogP contribution in [0.1, 0.15) is 98.8 Å². The normalized spacial score (nSPS) is 29.4. The zero-order valence-electron chi connectivity index (χ0n) is 21.6. The minimum Gasteiger partial charge on any atom is -0.388 e. The van der Waals surface area contributed by atoms with Gasteiger partial charge in [0.1, 0.15) is 5.60 Å². The minimum atomic E-state index is -1.22. The number of ketones is 1. The maximum absolute atomic E-state index is 12.0. The Morgan fingerprint density at radius 3 is 2.55 bits per heavy atom. The predicted octanol–water partition coefficient (Wildman–Crippen LogP) is 6.86. The van der Waals surface area contributed by atoms with Crippen LogP contribution in [-0.4, -0.2) is 27.7 Å². The van der Waals surface area contributed by atoms with E-state index in [2.05, 4.69) is 44.6 Å². The van der Waals surface area contributed by atoms with E-state index in [9.17, 15) is 15.0 Å². The Balaban J connectivity index is 0.00000129. The number of fused-ring (bicyclic) bond motifs is 1. The molecule has 2 fully saturated rings. The van der Waals surface area contributed by atoms with Gasteiger partial charge in [0.15, 0.2) is 5.78 Å². The van der Waals surface area contributed by atoms with Gasteiger partial charge in [0, 0.05) is 6.42 Å². The maximum Gasteiger partial charge on any atom is 0.163 e. The number of rotatable bonds is 6.